The normalized spacial score (nSPS) is 20.3. The Morgan fingerprint density at radius 2 is 2.41 bits per heavy atom. The lowest BCUT2D eigenvalue weighted by Gasteiger charge is -2.33. The molecule has 1 fully saturated rings. The highest BCUT2D eigenvalue weighted by molar-refractivity contribution is 5.79. The number of nitrogens with two attached hydrogens (primary N) is 1. The molecule has 1 heterocycles. The molecule has 0 aliphatic carbocycles. The lowest BCUT2D eigenvalue weighted by atomic mass is 10.1. The Morgan fingerprint density at radius 1 is 1.59 bits per heavy atom. The zero-order chi connectivity index (χ0) is 12.3. The Morgan fingerprint density at radius 3 is 3.12 bits per heavy atom. The van der Waals surface area contributed by atoms with Crippen LogP contribution in [0.15, 0.2) is 24.3 Å². The molecule has 1 amide bonds. The zero-order valence-corrected chi connectivity index (χ0v) is 10.1. The molecule has 1 aliphatic rings. The third kappa shape index (κ3) is 2.97. The Hall–Kier alpha value is -1.55. The van der Waals surface area contributed by atoms with Crippen molar-refractivity contribution in [3.63, 3.8) is 0 Å². The lowest BCUT2D eigenvalue weighted by molar-refractivity contribution is -0.138. The van der Waals surface area contributed by atoms with Crippen LogP contribution < -0.4 is 5.73 Å². The first-order valence-electron chi connectivity index (χ1n) is 5.88. The number of ether oxygens (including phenoxy) is 1. The number of morpholine rings is 1. The molecule has 0 radical (unpaired) electrons. The summed E-state index contributed by atoms with van der Waals surface area (Å²) in [4.78, 5) is 14.0. The molecule has 1 aromatic rings. The van der Waals surface area contributed by atoms with Crippen LogP contribution in [0.1, 0.15) is 12.5 Å². The molecule has 17 heavy (non-hydrogen) atoms. The van der Waals surface area contributed by atoms with Crippen LogP contribution in [0.3, 0.4) is 0 Å². The number of anilines is 1. The largest absolute Gasteiger partial charge is 0.399 e. The summed E-state index contributed by atoms with van der Waals surface area (Å²) in [5.74, 6) is 0.145. The van der Waals surface area contributed by atoms with Crippen LogP contribution >= 0.6 is 0 Å². The molecule has 0 bridgehead atoms. The van der Waals surface area contributed by atoms with Gasteiger partial charge >= 0.3 is 0 Å². The number of rotatable bonds is 2. The standard InChI is InChI=1S/C13H18N2O2/c1-10-9-17-6-5-15(10)13(16)8-11-3-2-4-12(14)7-11/h2-4,7,10H,5-6,8-9,14H2,1H3/t10-/m1/s1. The average molecular weight is 234 g/mol. The Kier molecular flexibility index (Phi) is 3.64. The first kappa shape index (κ1) is 11.9. The molecule has 4 heteroatoms. The van der Waals surface area contributed by atoms with E-state index in [-0.39, 0.29) is 11.9 Å². The van der Waals surface area contributed by atoms with E-state index < -0.39 is 0 Å². The highest BCUT2D eigenvalue weighted by Crippen LogP contribution is 2.12. The van der Waals surface area contributed by atoms with E-state index in [4.69, 9.17) is 10.5 Å². The van der Waals surface area contributed by atoms with E-state index >= 15 is 0 Å². The Balaban J connectivity index is 2.01. The van der Waals surface area contributed by atoms with Gasteiger partial charge in [-0.1, -0.05) is 12.1 Å². The van der Waals surface area contributed by atoms with Crippen molar-refractivity contribution in [1.82, 2.24) is 4.90 Å². The Bertz CT molecular complexity index is 406. The van der Waals surface area contributed by atoms with Crippen molar-refractivity contribution in [2.24, 2.45) is 0 Å². The van der Waals surface area contributed by atoms with Gasteiger partial charge in [-0.25, -0.2) is 0 Å². The topological polar surface area (TPSA) is 55.6 Å². The van der Waals surface area contributed by atoms with Gasteiger partial charge in [0.1, 0.15) is 0 Å². The number of benzene rings is 1. The summed E-state index contributed by atoms with van der Waals surface area (Å²) in [6.07, 6.45) is 0.412. The van der Waals surface area contributed by atoms with Crippen molar-refractivity contribution in [2.75, 3.05) is 25.5 Å². The number of hydrogen-bond donors (Lipinski definition) is 1. The molecule has 1 aromatic carbocycles. The summed E-state index contributed by atoms with van der Waals surface area (Å²) in [6, 6.07) is 7.64. The molecular weight excluding hydrogens is 216 g/mol. The quantitative estimate of drug-likeness (QED) is 0.778. The van der Waals surface area contributed by atoms with Gasteiger partial charge in [0, 0.05) is 12.2 Å². The summed E-state index contributed by atoms with van der Waals surface area (Å²) in [6.45, 7) is 3.95. The van der Waals surface area contributed by atoms with Crippen LogP contribution in [-0.2, 0) is 16.0 Å². The highest BCUT2D eigenvalue weighted by atomic mass is 16.5. The second-order valence-electron chi connectivity index (χ2n) is 4.43. The van der Waals surface area contributed by atoms with Gasteiger partial charge in [0.05, 0.1) is 25.7 Å². The molecule has 4 nitrogen and oxygen atoms in total. The fraction of sp³-hybridized carbons (Fsp3) is 0.462. The second kappa shape index (κ2) is 5.19. The minimum atomic E-state index is 0.145. The van der Waals surface area contributed by atoms with Crippen molar-refractivity contribution in [3.8, 4) is 0 Å². The third-order valence-corrected chi connectivity index (χ3v) is 2.99. The average Bonchev–Trinajstić information content (AvgIpc) is 2.29. The lowest BCUT2D eigenvalue weighted by Crippen LogP contribution is -2.47. The molecule has 1 aliphatic heterocycles. The van der Waals surface area contributed by atoms with Crippen molar-refractivity contribution in [1.29, 1.82) is 0 Å². The van der Waals surface area contributed by atoms with Gasteiger partial charge in [-0.2, -0.15) is 0 Å². The maximum absolute atomic E-state index is 12.1. The molecule has 0 spiro atoms. The smallest absolute Gasteiger partial charge is 0.227 e. The van der Waals surface area contributed by atoms with Crippen molar-refractivity contribution >= 4 is 11.6 Å². The fourth-order valence-electron chi connectivity index (χ4n) is 2.08. The van der Waals surface area contributed by atoms with Crippen LogP contribution in [0.5, 0.6) is 0 Å². The van der Waals surface area contributed by atoms with Gasteiger partial charge in [0.25, 0.3) is 0 Å². The molecule has 0 saturated carbocycles. The summed E-state index contributed by atoms with van der Waals surface area (Å²) in [7, 11) is 0. The molecule has 2 N–H and O–H groups in total. The van der Waals surface area contributed by atoms with E-state index in [0.29, 0.717) is 31.9 Å². The van der Waals surface area contributed by atoms with E-state index in [0.717, 1.165) is 5.56 Å². The molecule has 0 aromatic heterocycles. The number of nitrogen functional groups attached to an aromatic ring is 1. The first-order chi connectivity index (χ1) is 8.16. The highest BCUT2D eigenvalue weighted by Gasteiger charge is 2.23. The molecule has 2 rings (SSSR count). The maximum atomic E-state index is 12.1. The molecule has 92 valence electrons. The van der Waals surface area contributed by atoms with E-state index in [1.54, 1.807) is 0 Å². The predicted octanol–water partition coefficient (Wildman–Crippen LogP) is 1.06. The van der Waals surface area contributed by atoms with Crippen LogP contribution in [-0.4, -0.2) is 36.6 Å². The van der Waals surface area contributed by atoms with Crippen LogP contribution in [0.2, 0.25) is 0 Å². The van der Waals surface area contributed by atoms with Crippen molar-refractivity contribution < 1.29 is 9.53 Å². The molecular formula is C13H18N2O2. The number of nitrogens with zero attached hydrogens (tertiary/aromatic N) is 1. The minimum absolute atomic E-state index is 0.145. The van der Waals surface area contributed by atoms with Crippen molar-refractivity contribution in [3.05, 3.63) is 29.8 Å². The summed E-state index contributed by atoms with van der Waals surface area (Å²) >= 11 is 0. The van der Waals surface area contributed by atoms with Gasteiger partial charge in [0.2, 0.25) is 5.91 Å². The van der Waals surface area contributed by atoms with E-state index in [1.807, 2.05) is 36.1 Å². The fourth-order valence-corrected chi connectivity index (χ4v) is 2.08. The number of hydrogen-bond acceptors (Lipinski definition) is 3. The summed E-state index contributed by atoms with van der Waals surface area (Å²) in [5.41, 5.74) is 7.36. The van der Waals surface area contributed by atoms with Crippen LogP contribution in [0.4, 0.5) is 5.69 Å². The second-order valence-corrected chi connectivity index (χ2v) is 4.43. The SMILES string of the molecule is C[C@@H]1COCCN1C(=O)Cc1cccc(N)c1. The number of amides is 1. The van der Waals surface area contributed by atoms with Gasteiger partial charge in [-0.05, 0) is 24.6 Å². The molecule has 0 unspecified atom stereocenters. The predicted molar refractivity (Wildman–Crippen MR) is 66.6 cm³/mol. The van der Waals surface area contributed by atoms with Crippen molar-refractivity contribution in [2.45, 2.75) is 19.4 Å². The van der Waals surface area contributed by atoms with Crippen LogP contribution in [0, 0.1) is 0 Å². The van der Waals surface area contributed by atoms with E-state index in [9.17, 15) is 4.79 Å². The summed E-state index contributed by atoms with van der Waals surface area (Å²) < 4.78 is 5.32. The van der Waals surface area contributed by atoms with E-state index in [2.05, 4.69) is 0 Å². The monoisotopic (exact) mass is 234 g/mol. The first-order valence-corrected chi connectivity index (χ1v) is 5.88. The minimum Gasteiger partial charge on any atom is -0.399 e. The maximum Gasteiger partial charge on any atom is 0.227 e. The number of carbonyl (C=O) groups excluding carboxylic acids is 1. The molecule has 1 atom stereocenters. The third-order valence-electron chi connectivity index (χ3n) is 2.99. The van der Waals surface area contributed by atoms with Gasteiger partial charge in [-0.3, -0.25) is 4.79 Å². The van der Waals surface area contributed by atoms with Crippen LogP contribution in [0.25, 0.3) is 0 Å². The Labute approximate surface area is 101 Å². The van der Waals surface area contributed by atoms with Gasteiger partial charge in [0.15, 0.2) is 0 Å². The van der Waals surface area contributed by atoms with Gasteiger partial charge in [-0.15, -0.1) is 0 Å². The zero-order valence-electron chi connectivity index (χ0n) is 10.1. The van der Waals surface area contributed by atoms with Gasteiger partial charge < -0.3 is 15.4 Å². The summed E-state index contributed by atoms with van der Waals surface area (Å²) in [5, 5.41) is 0. The van der Waals surface area contributed by atoms with E-state index in [1.165, 1.54) is 0 Å². The number of carbonyl (C=O) groups is 1. The molecule has 1 saturated heterocycles.